The summed E-state index contributed by atoms with van der Waals surface area (Å²) in [7, 11) is 0. The quantitative estimate of drug-likeness (QED) is 0.226. The molecule has 0 heterocycles. The van der Waals surface area contributed by atoms with Gasteiger partial charge in [0.05, 0.1) is 0 Å². The highest BCUT2D eigenvalue weighted by molar-refractivity contribution is 6.34. The summed E-state index contributed by atoms with van der Waals surface area (Å²) in [4.78, 5) is 0. The van der Waals surface area contributed by atoms with Crippen molar-refractivity contribution in [2.24, 2.45) is 5.16 Å². The predicted octanol–water partition coefficient (Wildman–Crippen LogP) is 2.21. The lowest BCUT2D eigenvalue weighted by atomic mass is 10.4. The van der Waals surface area contributed by atoms with Crippen molar-refractivity contribution in [3.63, 3.8) is 0 Å². The zero-order valence-electron chi connectivity index (χ0n) is 4.66. The smallest absolute Gasteiger partial charge is 0.410 e. The first-order valence-electron chi connectivity index (χ1n) is 2.06. The summed E-state index contributed by atoms with van der Waals surface area (Å²) >= 11 is 3.94. The molecule has 0 aliphatic carbocycles. The minimum atomic E-state index is -5.43. The summed E-state index contributed by atoms with van der Waals surface area (Å²) in [5.41, 5.74) is -2.73. The maximum absolute atomic E-state index is 11.6. The second kappa shape index (κ2) is 2.80. The molecule has 0 fully saturated rings. The average Bonchev–Trinajstić information content (AvgIpc) is 1.56. The third-order valence-electron chi connectivity index (χ3n) is 0.637. The lowest BCUT2D eigenvalue weighted by Gasteiger charge is -2.11. The number of halogens is 6. The highest BCUT2D eigenvalue weighted by Crippen LogP contribution is 2.31. The normalized spacial score (nSPS) is 15.3. The van der Waals surface area contributed by atoms with E-state index in [1.807, 2.05) is 0 Å². The van der Waals surface area contributed by atoms with Crippen molar-refractivity contribution in [3.8, 4) is 0 Å². The van der Waals surface area contributed by atoms with E-state index in [0.29, 0.717) is 0 Å². The fourth-order valence-electron chi connectivity index (χ4n) is 0.274. The van der Waals surface area contributed by atoms with E-state index in [4.69, 9.17) is 5.21 Å². The average molecular weight is 197 g/mol. The molecule has 0 spiro atoms. The van der Waals surface area contributed by atoms with E-state index < -0.39 is 17.3 Å². The van der Waals surface area contributed by atoms with Crippen molar-refractivity contribution in [3.05, 3.63) is 0 Å². The number of alkyl halides is 6. The van der Waals surface area contributed by atoms with Gasteiger partial charge in [0.1, 0.15) is 0 Å². The number of hydrogen-bond acceptors (Lipinski definition) is 2. The van der Waals surface area contributed by atoms with E-state index in [0.717, 1.165) is 0 Å². The van der Waals surface area contributed by atoms with E-state index in [1.165, 1.54) is 5.16 Å². The fraction of sp³-hybridized carbons (Fsp3) is 0.667. The Balaban J connectivity index is 4.74. The number of oxime groups is 1. The van der Waals surface area contributed by atoms with Gasteiger partial charge in [0.25, 0.3) is 0 Å². The molecule has 0 atom stereocenters. The molecule has 66 valence electrons. The largest absolute Gasteiger partial charge is 0.440 e. The van der Waals surface area contributed by atoms with Crippen molar-refractivity contribution in [1.29, 1.82) is 0 Å². The third-order valence-corrected chi connectivity index (χ3v) is 0.816. The topological polar surface area (TPSA) is 32.6 Å². The first-order chi connectivity index (χ1) is 4.69. The Bertz CT molecular complexity index is 154. The molecule has 0 aliphatic heterocycles. The van der Waals surface area contributed by atoms with E-state index in [9.17, 15) is 22.0 Å². The molecule has 0 aromatic carbocycles. The highest BCUT2D eigenvalue weighted by Gasteiger charge is 2.52. The first-order valence-corrected chi connectivity index (χ1v) is 2.44. The van der Waals surface area contributed by atoms with Crippen LogP contribution in [0.25, 0.3) is 0 Å². The molecule has 0 amide bonds. The van der Waals surface area contributed by atoms with Gasteiger partial charge in [-0.05, 0) is 11.6 Å². The molecule has 0 aliphatic rings. The van der Waals surface area contributed by atoms with Crippen LogP contribution in [0.1, 0.15) is 0 Å². The van der Waals surface area contributed by atoms with Crippen LogP contribution >= 0.6 is 11.6 Å². The molecule has 0 radical (unpaired) electrons. The third kappa shape index (κ3) is 2.87. The van der Waals surface area contributed by atoms with Crippen LogP contribution in [0, 0.1) is 0 Å². The van der Waals surface area contributed by atoms with E-state index in [1.54, 1.807) is 0 Å². The molecule has 0 saturated heterocycles. The standard InChI is InChI=1S/C3HClF5NO/c4-2(5,6)1(10-11)3(7,8)9/h11H/b10-1-. The second-order valence-electron chi connectivity index (χ2n) is 1.44. The maximum Gasteiger partial charge on any atom is 0.440 e. The van der Waals surface area contributed by atoms with Crippen molar-refractivity contribution in [1.82, 2.24) is 0 Å². The summed E-state index contributed by atoms with van der Waals surface area (Å²) in [5.74, 6) is 0. The molecule has 2 nitrogen and oxygen atoms in total. The molecule has 0 aromatic rings. The van der Waals surface area contributed by atoms with Crippen LogP contribution in [0.5, 0.6) is 0 Å². The summed E-state index contributed by atoms with van der Waals surface area (Å²) < 4.78 is 57.4. The van der Waals surface area contributed by atoms with Crippen LogP contribution in [-0.4, -0.2) is 22.5 Å². The van der Waals surface area contributed by atoms with Gasteiger partial charge in [-0.3, -0.25) is 0 Å². The Morgan fingerprint density at radius 1 is 1.18 bits per heavy atom. The number of nitrogens with zero attached hydrogens (tertiary/aromatic N) is 1. The fourth-order valence-corrected chi connectivity index (χ4v) is 0.419. The van der Waals surface area contributed by atoms with Gasteiger partial charge in [0.2, 0.25) is 5.71 Å². The molecule has 11 heavy (non-hydrogen) atoms. The lowest BCUT2D eigenvalue weighted by Crippen LogP contribution is -2.36. The maximum atomic E-state index is 11.6. The van der Waals surface area contributed by atoms with Gasteiger partial charge in [-0.2, -0.15) is 22.0 Å². The van der Waals surface area contributed by atoms with Crippen molar-refractivity contribution in [2.75, 3.05) is 0 Å². The van der Waals surface area contributed by atoms with Gasteiger partial charge in [-0.1, -0.05) is 5.16 Å². The van der Waals surface area contributed by atoms with Crippen LogP contribution in [0.4, 0.5) is 22.0 Å². The molecule has 8 heteroatoms. The molecule has 0 bridgehead atoms. The van der Waals surface area contributed by atoms with Crippen molar-refractivity contribution in [2.45, 2.75) is 11.6 Å². The molecule has 0 unspecified atom stereocenters. The molecule has 1 N–H and O–H groups in total. The van der Waals surface area contributed by atoms with Gasteiger partial charge < -0.3 is 5.21 Å². The Hall–Kier alpha value is -0.590. The van der Waals surface area contributed by atoms with Crippen molar-refractivity contribution >= 4 is 17.3 Å². The highest BCUT2D eigenvalue weighted by atomic mass is 35.5. The molecule has 0 aromatic heterocycles. The van der Waals surface area contributed by atoms with E-state index >= 15 is 0 Å². The monoisotopic (exact) mass is 197 g/mol. The molecular formula is C3HClF5NO. The van der Waals surface area contributed by atoms with E-state index in [-0.39, 0.29) is 0 Å². The van der Waals surface area contributed by atoms with Crippen LogP contribution in [-0.2, 0) is 0 Å². The number of hydrogen-bond donors (Lipinski definition) is 1. The minimum absolute atomic E-state index is 1.34. The van der Waals surface area contributed by atoms with Gasteiger partial charge in [0.15, 0.2) is 0 Å². The van der Waals surface area contributed by atoms with E-state index in [2.05, 4.69) is 11.6 Å². The molecule has 0 saturated carbocycles. The first kappa shape index (κ1) is 10.4. The Morgan fingerprint density at radius 3 is 1.55 bits per heavy atom. The van der Waals surface area contributed by atoms with Crippen molar-refractivity contribution < 1.29 is 27.2 Å². The number of rotatable bonds is 1. The van der Waals surface area contributed by atoms with Gasteiger partial charge in [-0.25, -0.2) is 0 Å². The van der Waals surface area contributed by atoms with Crippen LogP contribution < -0.4 is 0 Å². The van der Waals surface area contributed by atoms with Crippen LogP contribution in [0.3, 0.4) is 0 Å². The lowest BCUT2D eigenvalue weighted by molar-refractivity contribution is -0.0738. The summed E-state index contributed by atoms with van der Waals surface area (Å²) in [6.07, 6.45) is -5.43. The minimum Gasteiger partial charge on any atom is -0.410 e. The van der Waals surface area contributed by atoms with Crippen LogP contribution in [0.15, 0.2) is 5.16 Å². The predicted molar refractivity (Wildman–Crippen MR) is 26.1 cm³/mol. The van der Waals surface area contributed by atoms with Crippen LogP contribution in [0.2, 0.25) is 0 Å². The Labute approximate surface area is 62.2 Å². The van der Waals surface area contributed by atoms with Gasteiger partial charge in [-0.15, -0.1) is 0 Å². The Kier molecular flexibility index (Phi) is 2.65. The second-order valence-corrected chi connectivity index (χ2v) is 1.92. The van der Waals surface area contributed by atoms with Gasteiger partial charge >= 0.3 is 11.6 Å². The summed E-state index contributed by atoms with van der Waals surface area (Å²) in [5, 5.41) is 4.14. The zero-order valence-corrected chi connectivity index (χ0v) is 5.42. The molecular weight excluding hydrogens is 196 g/mol. The summed E-state index contributed by atoms with van der Waals surface area (Å²) in [6.45, 7) is 0. The summed E-state index contributed by atoms with van der Waals surface area (Å²) in [6, 6.07) is 0. The van der Waals surface area contributed by atoms with Gasteiger partial charge in [0, 0.05) is 0 Å². The molecule has 0 rings (SSSR count). The SMILES string of the molecule is O/N=C(\C(F)(F)F)C(F)(F)Cl. The Morgan fingerprint density at radius 2 is 1.55 bits per heavy atom. The zero-order chi connectivity index (χ0) is 9.28.